The van der Waals surface area contributed by atoms with Crippen molar-refractivity contribution < 1.29 is 14.5 Å². The fourth-order valence-electron chi connectivity index (χ4n) is 3.20. The van der Waals surface area contributed by atoms with Crippen LogP contribution in [-0.2, 0) is 17.6 Å². The summed E-state index contributed by atoms with van der Waals surface area (Å²) in [5.74, 6) is -0.433. The molecule has 1 saturated heterocycles. The maximum absolute atomic E-state index is 12.1. The summed E-state index contributed by atoms with van der Waals surface area (Å²) in [6.45, 7) is 2.62. The molecule has 2 heterocycles. The molecule has 6 heteroatoms. The van der Waals surface area contributed by atoms with Gasteiger partial charge < -0.3 is 16.0 Å². The van der Waals surface area contributed by atoms with Crippen molar-refractivity contribution in [1.29, 1.82) is 0 Å². The second kappa shape index (κ2) is 5.54. The van der Waals surface area contributed by atoms with E-state index in [2.05, 4.69) is 5.32 Å². The van der Waals surface area contributed by atoms with E-state index in [0.29, 0.717) is 17.1 Å². The molecule has 0 radical (unpaired) electrons. The number of carbonyl (C=O) groups is 2. The molecular formula is C14H20N3O2S+. The largest absolute Gasteiger partial charge is 0.365 e. The highest BCUT2D eigenvalue weighted by molar-refractivity contribution is 7.17. The molecule has 0 atom stereocenters. The van der Waals surface area contributed by atoms with Crippen molar-refractivity contribution in [2.24, 2.45) is 5.73 Å². The zero-order valence-corrected chi connectivity index (χ0v) is 12.3. The summed E-state index contributed by atoms with van der Waals surface area (Å²) in [7, 11) is 0. The van der Waals surface area contributed by atoms with Gasteiger partial charge in [-0.1, -0.05) is 0 Å². The lowest BCUT2D eigenvalue weighted by molar-refractivity contribution is -0.878. The summed E-state index contributed by atoms with van der Waals surface area (Å²) < 4.78 is 0. The lowest BCUT2D eigenvalue weighted by Crippen LogP contribution is -3.11. The summed E-state index contributed by atoms with van der Waals surface area (Å²) >= 11 is 1.52. The quantitative estimate of drug-likeness (QED) is 0.728. The Morgan fingerprint density at radius 1 is 1.20 bits per heavy atom. The minimum absolute atomic E-state index is 0.00989. The number of hydrogen-bond donors (Lipinski definition) is 3. The monoisotopic (exact) mass is 294 g/mol. The van der Waals surface area contributed by atoms with Crippen molar-refractivity contribution in [1.82, 2.24) is 0 Å². The van der Waals surface area contributed by atoms with Crippen LogP contribution in [0.25, 0.3) is 0 Å². The van der Waals surface area contributed by atoms with Crippen molar-refractivity contribution >= 4 is 28.2 Å². The van der Waals surface area contributed by atoms with Gasteiger partial charge in [-0.05, 0) is 24.8 Å². The van der Waals surface area contributed by atoms with Crippen LogP contribution in [0.2, 0.25) is 0 Å². The van der Waals surface area contributed by atoms with Crippen LogP contribution >= 0.6 is 11.3 Å². The number of thiophene rings is 1. The molecule has 0 unspecified atom stereocenters. The number of rotatable bonds is 4. The second-order valence-corrected chi connectivity index (χ2v) is 6.71. The average molecular weight is 294 g/mol. The maximum atomic E-state index is 12.1. The normalized spacial score (nSPS) is 18.2. The van der Waals surface area contributed by atoms with Gasteiger partial charge in [-0.15, -0.1) is 11.3 Å². The first kappa shape index (κ1) is 13.6. The van der Waals surface area contributed by atoms with Gasteiger partial charge in [0.2, 0.25) is 0 Å². The fourth-order valence-corrected chi connectivity index (χ4v) is 4.51. The molecule has 1 aliphatic carbocycles. The first-order valence-corrected chi connectivity index (χ1v) is 8.04. The molecular weight excluding hydrogens is 274 g/mol. The number of carbonyl (C=O) groups excluding carboxylic acids is 2. The molecule has 0 spiro atoms. The number of amides is 2. The van der Waals surface area contributed by atoms with E-state index in [9.17, 15) is 9.59 Å². The number of likely N-dealkylation sites (tertiary alicyclic amines) is 1. The standard InChI is InChI=1S/C14H19N3O2S/c15-13(19)12-9-4-3-5-10(9)20-14(12)16-11(18)8-17-6-1-2-7-17/h1-8H2,(H2,15,19)(H,16,18)/p+1. The number of anilines is 1. The van der Waals surface area contributed by atoms with Gasteiger partial charge in [0.15, 0.2) is 6.54 Å². The van der Waals surface area contributed by atoms with Crippen LogP contribution in [0, 0.1) is 0 Å². The number of hydrogen-bond acceptors (Lipinski definition) is 3. The van der Waals surface area contributed by atoms with Crippen molar-refractivity contribution in [3.63, 3.8) is 0 Å². The lowest BCUT2D eigenvalue weighted by atomic mass is 10.1. The van der Waals surface area contributed by atoms with Gasteiger partial charge in [-0.3, -0.25) is 9.59 Å². The summed E-state index contributed by atoms with van der Waals surface area (Å²) in [5, 5.41) is 3.56. The van der Waals surface area contributed by atoms with E-state index < -0.39 is 5.91 Å². The number of fused-ring (bicyclic) bond motifs is 1. The second-order valence-electron chi connectivity index (χ2n) is 5.61. The smallest absolute Gasteiger partial charge is 0.280 e. The van der Waals surface area contributed by atoms with Crippen LogP contribution in [0.5, 0.6) is 0 Å². The van der Waals surface area contributed by atoms with Gasteiger partial charge in [0.05, 0.1) is 18.7 Å². The van der Waals surface area contributed by atoms with Crippen molar-refractivity contribution in [2.45, 2.75) is 32.1 Å². The van der Waals surface area contributed by atoms with Gasteiger partial charge >= 0.3 is 0 Å². The molecule has 1 aromatic rings. The van der Waals surface area contributed by atoms with Crippen molar-refractivity contribution in [3.05, 3.63) is 16.0 Å². The number of aryl methyl sites for hydroxylation is 1. The predicted octanol–water partition coefficient (Wildman–Crippen LogP) is -0.0471. The van der Waals surface area contributed by atoms with Crippen molar-refractivity contribution in [2.75, 3.05) is 25.0 Å². The minimum Gasteiger partial charge on any atom is -0.365 e. The van der Waals surface area contributed by atoms with E-state index >= 15 is 0 Å². The maximum Gasteiger partial charge on any atom is 0.280 e. The topological polar surface area (TPSA) is 76.6 Å². The highest BCUT2D eigenvalue weighted by Crippen LogP contribution is 2.38. The van der Waals surface area contributed by atoms with E-state index in [-0.39, 0.29) is 5.91 Å². The zero-order valence-electron chi connectivity index (χ0n) is 11.5. The molecule has 2 amide bonds. The Labute approximate surface area is 122 Å². The van der Waals surface area contributed by atoms with E-state index in [1.807, 2.05) is 0 Å². The minimum atomic E-state index is -0.423. The Hall–Kier alpha value is -1.40. The first-order valence-electron chi connectivity index (χ1n) is 7.23. The number of nitrogens with two attached hydrogens (primary N) is 1. The van der Waals surface area contributed by atoms with Gasteiger partial charge in [0.1, 0.15) is 5.00 Å². The van der Waals surface area contributed by atoms with E-state index in [1.165, 1.54) is 34.0 Å². The zero-order chi connectivity index (χ0) is 14.1. The summed E-state index contributed by atoms with van der Waals surface area (Å²) in [6, 6.07) is 0. The third-order valence-corrected chi connectivity index (χ3v) is 5.35. The molecule has 0 bridgehead atoms. The first-order chi connectivity index (χ1) is 9.65. The number of nitrogens with one attached hydrogen (secondary N) is 2. The predicted molar refractivity (Wildman–Crippen MR) is 78.3 cm³/mol. The summed E-state index contributed by atoms with van der Waals surface area (Å²) in [5.41, 5.74) is 7.09. The van der Waals surface area contributed by atoms with Crippen LogP contribution in [0.3, 0.4) is 0 Å². The molecule has 5 nitrogen and oxygen atoms in total. The highest BCUT2D eigenvalue weighted by Gasteiger charge is 2.27. The van der Waals surface area contributed by atoms with Crippen LogP contribution in [0.4, 0.5) is 5.00 Å². The van der Waals surface area contributed by atoms with Crippen LogP contribution < -0.4 is 16.0 Å². The Kier molecular flexibility index (Phi) is 3.76. The van der Waals surface area contributed by atoms with Gasteiger partial charge in [-0.2, -0.15) is 0 Å². The molecule has 20 heavy (non-hydrogen) atoms. The van der Waals surface area contributed by atoms with Gasteiger partial charge in [-0.25, -0.2) is 0 Å². The molecule has 108 valence electrons. The summed E-state index contributed by atoms with van der Waals surface area (Å²) in [6.07, 6.45) is 5.36. The third kappa shape index (κ3) is 2.58. The van der Waals surface area contributed by atoms with Gasteiger partial charge in [0, 0.05) is 17.7 Å². The van der Waals surface area contributed by atoms with Crippen molar-refractivity contribution in [3.8, 4) is 0 Å². The van der Waals surface area contributed by atoms with E-state index in [4.69, 9.17) is 5.73 Å². The van der Waals surface area contributed by atoms with E-state index in [1.54, 1.807) is 0 Å². The number of quaternary nitrogens is 1. The van der Waals surface area contributed by atoms with Crippen LogP contribution in [0.15, 0.2) is 0 Å². The van der Waals surface area contributed by atoms with Crippen LogP contribution in [-0.4, -0.2) is 31.4 Å². The molecule has 0 aromatic carbocycles. The molecule has 1 aliphatic heterocycles. The molecule has 2 aliphatic rings. The molecule has 3 rings (SSSR count). The third-order valence-electron chi connectivity index (χ3n) is 4.14. The molecule has 1 aromatic heterocycles. The number of primary amides is 1. The highest BCUT2D eigenvalue weighted by atomic mass is 32.1. The fraction of sp³-hybridized carbons (Fsp3) is 0.571. The SMILES string of the molecule is NC(=O)c1c(NC(=O)C[NH+]2CCCC2)sc2c1CCC2. The molecule has 4 N–H and O–H groups in total. The molecule has 1 fully saturated rings. The summed E-state index contributed by atoms with van der Waals surface area (Å²) in [4.78, 5) is 26.3. The average Bonchev–Trinajstić information content (AvgIpc) is 3.04. The van der Waals surface area contributed by atoms with E-state index in [0.717, 1.165) is 37.9 Å². The van der Waals surface area contributed by atoms with Crippen LogP contribution in [0.1, 0.15) is 40.1 Å². The Morgan fingerprint density at radius 2 is 1.95 bits per heavy atom. The Balaban J connectivity index is 1.73. The Bertz CT molecular complexity index is 547. The Morgan fingerprint density at radius 3 is 2.65 bits per heavy atom. The van der Waals surface area contributed by atoms with Gasteiger partial charge in [0.25, 0.3) is 11.8 Å². The molecule has 0 saturated carbocycles. The lowest BCUT2D eigenvalue weighted by Gasteiger charge is -2.11.